The van der Waals surface area contributed by atoms with Gasteiger partial charge in [0.1, 0.15) is 5.75 Å². The van der Waals surface area contributed by atoms with E-state index in [0.29, 0.717) is 0 Å². The molecule has 23 heavy (non-hydrogen) atoms. The van der Waals surface area contributed by atoms with Crippen molar-refractivity contribution in [2.45, 2.75) is 77.8 Å². The van der Waals surface area contributed by atoms with Crippen LogP contribution in [0.4, 0.5) is 0 Å². The Bertz CT molecular complexity index is 560. The summed E-state index contributed by atoms with van der Waals surface area (Å²) in [5.41, 5.74) is 0.291. The van der Waals surface area contributed by atoms with E-state index in [9.17, 15) is 0 Å². The topological polar surface area (TPSA) is 27.7 Å². The highest BCUT2D eigenvalue weighted by Crippen LogP contribution is 2.39. The molecule has 0 saturated carbocycles. The maximum Gasteiger partial charge on any atom is 0.498 e. The fraction of sp³-hybridized carbons (Fsp3) is 0.667. The molecule has 1 aliphatic rings. The third-order valence-electron chi connectivity index (χ3n) is 5.60. The van der Waals surface area contributed by atoms with Gasteiger partial charge < -0.3 is 13.7 Å². The Labute approximate surface area is 143 Å². The normalized spacial score (nSPS) is 20.7. The summed E-state index contributed by atoms with van der Waals surface area (Å²) in [5, 5.41) is 0.149. The van der Waals surface area contributed by atoms with Gasteiger partial charge in [0.15, 0.2) is 0 Å². The van der Waals surface area contributed by atoms with Crippen molar-refractivity contribution < 1.29 is 13.7 Å². The first-order valence-electron chi connectivity index (χ1n) is 8.40. The molecule has 1 aromatic carbocycles. The molecule has 1 aliphatic heterocycles. The molecule has 1 heterocycles. The molecule has 0 aromatic heterocycles. The van der Waals surface area contributed by atoms with Gasteiger partial charge in [-0.25, -0.2) is 0 Å². The zero-order valence-electron chi connectivity index (χ0n) is 16.1. The summed E-state index contributed by atoms with van der Waals surface area (Å²) in [4.78, 5) is 0. The van der Waals surface area contributed by atoms with E-state index in [4.69, 9.17) is 13.7 Å². The lowest BCUT2D eigenvalue weighted by molar-refractivity contribution is 0.00578. The standard InChI is InChI=1S/C18H31BO3Si/c1-16(2,3)23(8,9)20-15-13-11-10-12-14(15)19-21-17(4,5)18(6,7)22-19/h10-13H,1-9H3. The number of benzene rings is 1. The van der Waals surface area contributed by atoms with Crippen molar-refractivity contribution in [1.82, 2.24) is 0 Å². The highest BCUT2D eigenvalue weighted by Gasteiger charge is 2.52. The predicted octanol–water partition coefficient (Wildman–Crippen LogP) is 4.37. The van der Waals surface area contributed by atoms with E-state index < -0.39 is 8.32 Å². The third-order valence-corrected chi connectivity index (χ3v) is 9.94. The second-order valence-electron chi connectivity index (χ2n) is 8.99. The van der Waals surface area contributed by atoms with Gasteiger partial charge in [0.05, 0.1) is 11.2 Å². The molecule has 0 bridgehead atoms. The lowest BCUT2D eigenvalue weighted by atomic mass is 9.78. The monoisotopic (exact) mass is 334 g/mol. The Morgan fingerprint density at radius 2 is 1.43 bits per heavy atom. The first-order valence-corrected chi connectivity index (χ1v) is 11.3. The van der Waals surface area contributed by atoms with E-state index >= 15 is 0 Å². The molecule has 0 N–H and O–H groups in total. The van der Waals surface area contributed by atoms with Crippen molar-refractivity contribution in [3.05, 3.63) is 24.3 Å². The SMILES string of the molecule is CC1(C)OB(c2ccccc2O[Si](C)(C)C(C)(C)C)OC1(C)C. The van der Waals surface area contributed by atoms with Crippen LogP contribution < -0.4 is 9.89 Å². The Hall–Kier alpha value is -0.778. The van der Waals surface area contributed by atoms with E-state index in [1.54, 1.807) is 0 Å². The molecule has 2 rings (SSSR count). The van der Waals surface area contributed by atoms with Crippen molar-refractivity contribution in [1.29, 1.82) is 0 Å². The molecule has 0 spiro atoms. The zero-order valence-corrected chi connectivity index (χ0v) is 17.1. The van der Waals surface area contributed by atoms with Gasteiger partial charge in [0.25, 0.3) is 0 Å². The summed E-state index contributed by atoms with van der Waals surface area (Å²) < 4.78 is 18.9. The van der Waals surface area contributed by atoms with Crippen molar-refractivity contribution >= 4 is 20.9 Å². The van der Waals surface area contributed by atoms with Crippen LogP contribution in [0.2, 0.25) is 18.1 Å². The molecule has 128 valence electrons. The number of hydrogen-bond donors (Lipinski definition) is 0. The zero-order chi connectivity index (χ0) is 17.7. The summed E-state index contributed by atoms with van der Waals surface area (Å²) in [6.07, 6.45) is 0. The van der Waals surface area contributed by atoms with E-state index in [-0.39, 0.29) is 23.4 Å². The fourth-order valence-corrected chi connectivity index (χ4v) is 3.21. The van der Waals surface area contributed by atoms with Gasteiger partial charge in [0.2, 0.25) is 8.32 Å². The highest BCUT2D eigenvalue weighted by molar-refractivity contribution is 6.75. The molecule has 1 aromatic rings. The first kappa shape index (κ1) is 18.6. The molecular weight excluding hydrogens is 303 g/mol. The number of para-hydroxylation sites is 1. The van der Waals surface area contributed by atoms with Crippen LogP contribution in [0.15, 0.2) is 24.3 Å². The van der Waals surface area contributed by atoms with Crippen LogP contribution >= 0.6 is 0 Å². The molecule has 0 radical (unpaired) electrons. The minimum absolute atomic E-state index is 0.149. The van der Waals surface area contributed by atoms with Gasteiger partial charge in [-0.05, 0) is 51.9 Å². The van der Waals surface area contributed by atoms with Crippen LogP contribution in [0.5, 0.6) is 5.75 Å². The molecule has 1 fully saturated rings. The van der Waals surface area contributed by atoms with Gasteiger partial charge in [-0.2, -0.15) is 0 Å². The van der Waals surface area contributed by atoms with Gasteiger partial charge in [-0.15, -0.1) is 0 Å². The maximum atomic E-state index is 6.53. The largest absolute Gasteiger partial charge is 0.544 e. The Kier molecular flexibility index (Phi) is 4.55. The fourth-order valence-electron chi connectivity index (χ4n) is 2.17. The van der Waals surface area contributed by atoms with Crippen LogP contribution in [-0.2, 0) is 9.31 Å². The molecule has 3 nitrogen and oxygen atoms in total. The van der Waals surface area contributed by atoms with E-state index in [1.807, 2.05) is 24.3 Å². The molecule has 1 saturated heterocycles. The first-order chi connectivity index (χ1) is 10.3. The van der Waals surface area contributed by atoms with Crippen molar-refractivity contribution in [3.8, 4) is 5.75 Å². The van der Waals surface area contributed by atoms with Gasteiger partial charge in [0, 0.05) is 5.46 Å². The average Bonchev–Trinajstić information content (AvgIpc) is 2.57. The van der Waals surface area contributed by atoms with Gasteiger partial charge in [-0.1, -0.05) is 39.0 Å². The average molecular weight is 334 g/mol. The van der Waals surface area contributed by atoms with Gasteiger partial charge in [-0.3, -0.25) is 0 Å². The van der Waals surface area contributed by atoms with Crippen LogP contribution in [0.25, 0.3) is 0 Å². The van der Waals surface area contributed by atoms with Gasteiger partial charge >= 0.3 is 7.12 Å². The smallest absolute Gasteiger partial charge is 0.498 e. The second-order valence-corrected chi connectivity index (χ2v) is 13.7. The minimum Gasteiger partial charge on any atom is -0.544 e. The summed E-state index contributed by atoms with van der Waals surface area (Å²) in [5.74, 6) is 0.887. The maximum absolute atomic E-state index is 6.53. The summed E-state index contributed by atoms with van der Waals surface area (Å²) in [6.45, 7) is 19.6. The van der Waals surface area contributed by atoms with Crippen molar-refractivity contribution in [2.75, 3.05) is 0 Å². The summed E-state index contributed by atoms with van der Waals surface area (Å²) >= 11 is 0. The van der Waals surface area contributed by atoms with E-state index in [2.05, 4.69) is 61.6 Å². The van der Waals surface area contributed by atoms with E-state index in [0.717, 1.165) is 11.2 Å². The highest BCUT2D eigenvalue weighted by atomic mass is 28.4. The predicted molar refractivity (Wildman–Crippen MR) is 100.0 cm³/mol. The van der Waals surface area contributed by atoms with E-state index in [1.165, 1.54) is 0 Å². The second kappa shape index (κ2) is 5.64. The molecule has 0 unspecified atom stereocenters. The van der Waals surface area contributed by atoms with Crippen LogP contribution in [0.1, 0.15) is 48.5 Å². The Morgan fingerprint density at radius 1 is 0.957 bits per heavy atom. The Morgan fingerprint density at radius 3 is 1.91 bits per heavy atom. The molecule has 0 amide bonds. The van der Waals surface area contributed by atoms with Crippen LogP contribution in [-0.4, -0.2) is 26.6 Å². The minimum atomic E-state index is -1.91. The van der Waals surface area contributed by atoms with Crippen molar-refractivity contribution in [2.24, 2.45) is 0 Å². The Balaban J connectivity index is 2.33. The molecule has 0 atom stereocenters. The van der Waals surface area contributed by atoms with Crippen LogP contribution in [0.3, 0.4) is 0 Å². The quantitative estimate of drug-likeness (QED) is 0.768. The molecule has 0 aliphatic carbocycles. The number of hydrogen-bond acceptors (Lipinski definition) is 3. The lowest BCUT2D eigenvalue weighted by Gasteiger charge is -2.37. The van der Waals surface area contributed by atoms with Crippen LogP contribution in [0, 0.1) is 0 Å². The number of rotatable bonds is 3. The summed E-state index contributed by atoms with van der Waals surface area (Å²) in [7, 11) is -2.30. The van der Waals surface area contributed by atoms with Crippen molar-refractivity contribution in [3.63, 3.8) is 0 Å². The lowest BCUT2D eigenvalue weighted by Crippen LogP contribution is -2.46. The molecule has 5 heteroatoms. The molecular formula is C18H31BO3Si. The third kappa shape index (κ3) is 3.52. The summed E-state index contributed by atoms with van der Waals surface area (Å²) in [6, 6.07) is 8.10.